The second-order valence-electron chi connectivity index (χ2n) is 5.52. The van der Waals surface area contributed by atoms with Crippen LogP contribution in [0.1, 0.15) is 6.92 Å². The summed E-state index contributed by atoms with van der Waals surface area (Å²) in [6.45, 7) is 1.51. The van der Waals surface area contributed by atoms with Gasteiger partial charge in [-0.05, 0) is 35.8 Å². The molecule has 0 aromatic heterocycles. The zero-order valence-corrected chi connectivity index (χ0v) is 13.5. The van der Waals surface area contributed by atoms with E-state index < -0.39 is 34.0 Å². The molecule has 130 valence electrons. The minimum absolute atomic E-state index is 0.175. The predicted molar refractivity (Wildman–Crippen MR) is 87.1 cm³/mol. The Morgan fingerprint density at radius 2 is 1.84 bits per heavy atom. The third-order valence-electron chi connectivity index (χ3n) is 3.85. The molecule has 0 bridgehead atoms. The molecule has 1 amide bonds. The number of methoxy groups -OCH3 is 1. The molecule has 1 heterocycles. The van der Waals surface area contributed by atoms with Gasteiger partial charge in [-0.3, -0.25) is 0 Å². The molecule has 2 atom stereocenters. The summed E-state index contributed by atoms with van der Waals surface area (Å²) >= 11 is 0. The Bertz CT molecular complexity index is 872. The molecule has 0 saturated carbocycles. The molecule has 0 aliphatic carbocycles. The van der Waals surface area contributed by atoms with Gasteiger partial charge in [0.1, 0.15) is 11.6 Å². The van der Waals surface area contributed by atoms with Gasteiger partial charge in [0.05, 0.1) is 12.8 Å². The van der Waals surface area contributed by atoms with E-state index in [1.165, 1.54) is 32.2 Å². The lowest BCUT2D eigenvalue weighted by molar-refractivity contribution is -0.126. The van der Waals surface area contributed by atoms with Gasteiger partial charge < -0.3 is 4.74 Å². The van der Waals surface area contributed by atoms with E-state index in [1.54, 1.807) is 0 Å². The molecule has 25 heavy (non-hydrogen) atoms. The Hall–Kier alpha value is -2.87. The summed E-state index contributed by atoms with van der Waals surface area (Å²) in [4.78, 5) is 17.0. The molecule has 2 unspecified atom stereocenters. The van der Waals surface area contributed by atoms with Crippen LogP contribution in [0.15, 0.2) is 47.5 Å². The summed E-state index contributed by atoms with van der Waals surface area (Å²) in [5.74, 6) is -2.72. The number of carbonyl (C=O) groups excluding carboxylic acids is 1. The number of nitrogens with one attached hydrogen (secondary N) is 1. The van der Waals surface area contributed by atoms with Crippen molar-refractivity contribution in [3.8, 4) is 0 Å². The van der Waals surface area contributed by atoms with Gasteiger partial charge in [0.25, 0.3) is 0 Å². The number of hydrogen-bond acceptors (Lipinski definition) is 4. The highest BCUT2D eigenvalue weighted by atomic mass is 19.1. The van der Waals surface area contributed by atoms with E-state index in [0.717, 1.165) is 24.3 Å². The maximum atomic E-state index is 14.5. The van der Waals surface area contributed by atoms with E-state index >= 15 is 0 Å². The summed E-state index contributed by atoms with van der Waals surface area (Å²) in [6, 6.07) is 6.94. The highest BCUT2D eigenvalue weighted by molar-refractivity contribution is 6.15. The molecule has 0 saturated heterocycles. The fraction of sp³-hybridized carbons (Fsp3) is 0.176. The van der Waals surface area contributed by atoms with E-state index in [0.29, 0.717) is 0 Å². The zero-order valence-electron chi connectivity index (χ0n) is 13.5. The Morgan fingerprint density at radius 3 is 2.52 bits per heavy atom. The van der Waals surface area contributed by atoms with Crippen LogP contribution in [0, 0.1) is 17.5 Å². The molecular weight excluding hydrogens is 335 g/mol. The molecule has 0 spiro atoms. The number of nitrogens with zero attached hydrogens (tertiary/aromatic N) is 2. The van der Waals surface area contributed by atoms with Crippen LogP contribution in [-0.4, -0.2) is 25.1 Å². The van der Waals surface area contributed by atoms with Crippen LogP contribution in [0.25, 0.3) is 0 Å². The monoisotopic (exact) mass is 350 g/mol. The van der Waals surface area contributed by atoms with Crippen molar-refractivity contribution in [2.75, 3.05) is 12.5 Å². The number of ether oxygens (including phenoxy) is 1. The number of hydrogen-bond donors (Lipinski definition) is 1. The molecule has 2 aromatic rings. The molecule has 5 nitrogen and oxygen atoms in total. The molecule has 1 aliphatic rings. The minimum Gasteiger partial charge on any atom is -0.438 e. The summed E-state index contributed by atoms with van der Waals surface area (Å²) < 4.78 is 46.0. The van der Waals surface area contributed by atoms with Crippen molar-refractivity contribution < 1.29 is 22.7 Å². The topological polar surface area (TPSA) is 50.7 Å². The van der Waals surface area contributed by atoms with Gasteiger partial charge in [-0.25, -0.2) is 23.4 Å². The third-order valence-corrected chi connectivity index (χ3v) is 3.85. The van der Waals surface area contributed by atoms with Gasteiger partial charge in [0.15, 0.2) is 11.9 Å². The van der Waals surface area contributed by atoms with E-state index in [2.05, 4.69) is 10.4 Å². The van der Waals surface area contributed by atoms with E-state index in [-0.39, 0.29) is 17.4 Å². The lowest BCUT2D eigenvalue weighted by Crippen LogP contribution is -2.62. The number of anilines is 1. The Labute approximate surface area is 141 Å². The number of rotatable bonds is 3. The minimum atomic E-state index is -1.02. The van der Waals surface area contributed by atoms with E-state index in [4.69, 9.17) is 4.74 Å². The van der Waals surface area contributed by atoms with Crippen LogP contribution in [0.4, 0.5) is 24.5 Å². The van der Waals surface area contributed by atoms with Crippen molar-refractivity contribution in [3.63, 3.8) is 0 Å². The largest absolute Gasteiger partial charge is 0.438 e. The van der Waals surface area contributed by atoms with Crippen molar-refractivity contribution in [2.45, 2.75) is 13.0 Å². The van der Waals surface area contributed by atoms with Gasteiger partial charge in [-0.2, -0.15) is 4.99 Å². The maximum Gasteiger partial charge on any atom is 0.433 e. The van der Waals surface area contributed by atoms with Crippen molar-refractivity contribution in [3.05, 3.63) is 59.9 Å². The SMILES string of the molecule is COC1=NC(C)C(=O)[N+]1(Nc1cccc(F)c1)c1cc(F)ccc1F. The molecule has 2 aromatic carbocycles. The standard InChI is InChI=1S/C17H15F3N3O2/c1-10-16(24)23(17(21-10)25-2,15-9-12(19)6-7-14(15)20)22-13-5-3-4-11(18)8-13/h3-10,22H,1-2H3/q+1. The highest BCUT2D eigenvalue weighted by Gasteiger charge is 2.57. The van der Waals surface area contributed by atoms with Crippen LogP contribution in [-0.2, 0) is 9.53 Å². The molecular formula is C17H15F3N3O2+. The summed E-state index contributed by atoms with van der Waals surface area (Å²) in [7, 11) is 1.27. The molecule has 3 rings (SSSR count). The van der Waals surface area contributed by atoms with Gasteiger partial charge in [-0.1, -0.05) is 6.07 Å². The second kappa shape index (κ2) is 6.21. The van der Waals surface area contributed by atoms with Crippen molar-refractivity contribution in [2.24, 2.45) is 4.99 Å². The Morgan fingerprint density at radius 1 is 1.12 bits per heavy atom. The number of quaternary nitrogens is 1. The predicted octanol–water partition coefficient (Wildman–Crippen LogP) is 3.37. The first-order chi connectivity index (χ1) is 11.9. The number of benzene rings is 2. The lowest BCUT2D eigenvalue weighted by Gasteiger charge is -2.30. The van der Waals surface area contributed by atoms with Crippen molar-refractivity contribution in [1.29, 1.82) is 0 Å². The summed E-state index contributed by atoms with van der Waals surface area (Å²) in [5.41, 5.74) is 2.59. The molecule has 8 heteroatoms. The molecule has 1 N–H and O–H groups in total. The smallest absolute Gasteiger partial charge is 0.433 e. The second-order valence-corrected chi connectivity index (χ2v) is 5.52. The average molecular weight is 350 g/mol. The zero-order chi connectivity index (χ0) is 18.2. The van der Waals surface area contributed by atoms with Crippen molar-refractivity contribution >= 4 is 23.3 Å². The third kappa shape index (κ3) is 2.74. The first-order valence-corrected chi connectivity index (χ1v) is 7.44. The first-order valence-electron chi connectivity index (χ1n) is 7.44. The molecule has 0 fully saturated rings. The van der Waals surface area contributed by atoms with Gasteiger partial charge in [-0.15, -0.1) is 0 Å². The van der Waals surface area contributed by atoms with Crippen LogP contribution >= 0.6 is 0 Å². The van der Waals surface area contributed by atoms with E-state index in [1.807, 2.05) is 0 Å². The van der Waals surface area contributed by atoms with Gasteiger partial charge in [0, 0.05) is 12.1 Å². The maximum absolute atomic E-state index is 14.5. The number of carbonyl (C=O) groups is 1. The van der Waals surface area contributed by atoms with E-state index in [9.17, 15) is 18.0 Å². The van der Waals surface area contributed by atoms with Crippen LogP contribution in [0.3, 0.4) is 0 Å². The lowest BCUT2D eigenvalue weighted by atomic mass is 10.2. The summed E-state index contributed by atoms with van der Waals surface area (Å²) in [6.07, 6.45) is 0. The average Bonchev–Trinajstić information content (AvgIpc) is 2.82. The van der Waals surface area contributed by atoms with Crippen molar-refractivity contribution in [1.82, 2.24) is 4.59 Å². The first kappa shape index (κ1) is 17.0. The number of amidine groups is 1. The Balaban J connectivity index is 2.24. The van der Waals surface area contributed by atoms with Gasteiger partial charge >= 0.3 is 11.9 Å². The van der Waals surface area contributed by atoms with Crippen LogP contribution < -0.4 is 10.0 Å². The Kier molecular flexibility index (Phi) is 4.22. The summed E-state index contributed by atoms with van der Waals surface area (Å²) in [5, 5.41) is 0. The fourth-order valence-electron chi connectivity index (χ4n) is 2.75. The normalized spacial score (nSPS) is 22.7. The van der Waals surface area contributed by atoms with Crippen LogP contribution in [0.5, 0.6) is 0 Å². The quantitative estimate of drug-likeness (QED) is 0.864. The number of halogens is 3. The fourth-order valence-corrected chi connectivity index (χ4v) is 2.75. The molecule has 0 radical (unpaired) electrons. The highest BCUT2D eigenvalue weighted by Crippen LogP contribution is 2.34. The molecule has 1 aliphatic heterocycles. The van der Waals surface area contributed by atoms with Crippen LogP contribution in [0.2, 0.25) is 0 Å². The van der Waals surface area contributed by atoms with Gasteiger partial charge in [0.2, 0.25) is 5.69 Å². The number of aliphatic imine (C=N–C) groups is 1. The number of amides is 1.